The Bertz CT molecular complexity index is 717. The fourth-order valence-corrected chi connectivity index (χ4v) is 3.01. The Morgan fingerprint density at radius 3 is 3.04 bits per heavy atom. The molecule has 1 aliphatic rings. The zero-order chi connectivity index (χ0) is 18.4. The second-order valence-electron chi connectivity index (χ2n) is 6.63. The maximum absolute atomic E-state index is 12.4. The first-order chi connectivity index (χ1) is 12.6. The maximum atomic E-state index is 12.4. The van der Waals surface area contributed by atoms with Crippen LogP contribution < -0.4 is 5.32 Å². The molecule has 0 spiro atoms. The van der Waals surface area contributed by atoms with Gasteiger partial charge in [0.05, 0.1) is 30.6 Å². The van der Waals surface area contributed by atoms with Crippen molar-refractivity contribution in [2.45, 2.75) is 51.9 Å². The molecule has 1 aliphatic heterocycles. The van der Waals surface area contributed by atoms with Gasteiger partial charge in [0.1, 0.15) is 6.10 Å². The molecule has 7 heteroatoms. The monoisotopic (exact) mass is 358 g/mol. The van der Waals surface area contributed by atoms with Gasteiger partial charge in [-0.2, -0.15) is 5.10 Å². The summed E-state index contributed by atoms with van der Waals surface area (Å²) in [5.74, 6) is 0.0170. The van der Waals surface area contributed by atoms with E-state index in [1.54, 1.807) is 6.20 Å². The summed E-state index contributed by atoms with van der Waals surface area (Å²) in [6.45, 7) is 5.53. The lowest BCUT2D eigenvalue weighted by molar-refractivity contribution is -0.126. The van der Waals surface area contributed by atoms with E-state index in [-0.39, 0.29) is 18.1 Å². The van der Waals surface area contributed by atoms with E-state index < -0.39 is 0 Å². The number of hydrogen-bond acceptors (Lipinski definition) is 5. The van der Waals surface area contributed by atoms with Crippen molar-refractivity contribution < 1.29 is 14.3 Å². The largest absolute Gasteiger partial charge is 0.379 e. The minimum Gasteiger partial charge on any atom is -0.379 e. The SMILES string of the molecule is Cc1[nH]nc(CCC(=O)N[C@@H]2CCOC[C@H]2OCc2ccccn2)c1C. The minimum absolute atomic E-state index is 0.0170. The number of H-pyrrole nitrogens is 1. The van der Waals surface area contributed by atoms with E-state index in [0.29, 0.717) is 32.7 Å². The van der Waals surface area contributed by atoms with Crippen molar-refractivity contribution in [2.75, 3.05) is 13.2 Å². The Balaban J connectivity index is 1.49. The molecule has 1 fully saturated rings. The average molecular weight is 358 g/mol. The zero-order valence-electron chi connectivity index (χ0n) is 15.3. The van der Waals surface area contributed by atoms with Gasteiger partial charge in [-0.25, -0.2) is 0 Å². The average Bonchev–Trinajstić information content (AvgIpc) is 2.98. The summed E-state index contributed by atoms with van der Waals surface area (Å²) >= 11 is 0. The number of aryl methyl sites for hydroxylation is 2. The van der Waals surface area contributed by atoms with Crippen molar-refractivity contribution in [3.63, 3.8) is 0 Å². The highest BCUT2D eigenvalue weighted by atomic mass is 16.5. The van der Waals surface area contributed by atoms with Crippen LogP contribution in [0.2, 0.25) is 0 Å². The molecule has 2 aromatic heterocycles. The number of aromatic amines is 1. The number of pyridine rings is 1. The normalized spacial score (nSPS) is 20.1. The van der Waals surface area contributed by atoms with Crippen LogP contribution in [0, 0.1) is 13.8 Å². The summed E-state index contributed by atoms with van der Waals surface area (Å²) < 4.78 is 11.5. The summed E-state index contributed by atoms with van der Waals surface area (Å²) in [5, 5.41) is 10.3. The van der Waals surface area contributed by atoms with E-state index >= 15 is 0 Å². The summed E-state index contributed by atoms with van der Waals surface area (Å²) in [7, 11) is 0. The number of nitrogens with zero attached hydrogens (tertiary/aromatic N) is 2. The van der Waals surface area contributed by atoms with E-state index in [0.717, 1.165) is 29.1 Å². The van der Waals surface area contributed by atoms with Crippen LogP contribution in [0.3, 0.4) is 0 Å². The van der Waals surface area contributed by atoms with Gasteiger partial charge in [0.2, 0.25) is 5.91 Å². The molecule has 0 aliphatic carbocycles. The smallest absolute Gasteiger partial charge is 0.220 e. The highest BCUT2D eigenvalue weighted by Crippen LogP contribution is 2.15. The molecule has 0 unspecified atom stereocenters. The molecule has 0 saturated carbocycles. The Hall–Kier alpha value is -2.25. The molecule has 0 bridgehead atoms. The third kappa shape index (κ3) is 4.89. The predicted molar refractivity (Wildman–Crippen MR) is 96.6 cm³/mol. The van der Waals surface area contributed by atoms with Gasteiger partial charge < -0.3 is 14.8 Å². The van der Waals surface area contributed by atoms with Gasteiger partial charge in [-0.15, -0.1) is 0 Å². The Kier molecular flexibility index (Phi) is 6.35. The van der Waals surface area contributed by atoms with Crippen LogP contribution in [0.1, 0.15) is 35.5 Å². The minimum atomic E-state index is -0.163. The van der Waals surface area contributed by atoms with Gasteiger partial charge in [-0.3, -0.25) is 14.9 Å². The van der Waals surface area contributed by atoms with Crippen LogP contribution in [0.5, 0.6) is 0 Å². The molecular formula is C19H26N4O3. The molecule has 0 aromatic carbocycles. The Morgan fingerprint density at radius 1 is 1.42 bits per heavy atom. The lowest BCUT2D eigenvalue weighted by atomic mass is 10.1. The molecule has 2 N–H and O–H groups in total. The first-order valence-electron chi connectivity index (χ1n) is 9.02. The van der Waals surface area contributed by atoms with Gasteiger partial charge >= 0.3 is 0 Å². The molecular weight excluding hydrogens is 332 g/mol. The van der Waals surface area contributed by atoms with Crippen molar-refractivity contribution in [1.29, 1.82) is 0 Å². The van der Waals surface area contributed by atoms with Gasteiger partial charge in [-0.05, 0) is 38.0 Å². The Morgan fingerprint density at radius 2 is 2.31 bits per heavy atom. The molecule has 0 radical (unpaired) electrons. The standard InChI is InChI=1S/C19H26N4O3/c1-13-14(2)22-23-16(13)6-7-19(24)21-17-8-10-25-12-18(17)26-11-15-5-3-4-9-20-15/h3-5,9,17-18H,6-8,10-12H2,1-2H3,(H,21,24)(H,22,23)/t17-,18-/m1/s1. The van der Waals surface area contributed by atoms with Crippen LogP contribution in [0.25, 0.3) is 0 Å². The quantitative estimate of drug-likeness (QED) is 0.788. The topological polar surface area (TPSA) is 89.1 Å². The molecule has 3 heterocycles. The van der Waals surface area contributed by atoms with Crippen LogP contribution in [0.15, 0.2) is 24.4 Å². The van der Waals surface area contributed by atoms with E-state index in [2.05, 4.69) is 20.5 Å². The van der Waals surface area contributed by atoms with E-state index in [1.165, 1.54) is 0 Å². The number of aromatic nitrogens is 3. The molecule has 1 saturated heterocycles. The molecule has 140 valence electrons. The lowest BCUT2D eigenvalue weighted by Crippen LogP contribution is -2.50. The van der Waals surface area contributed by atoms with E-state index in [9.17, 15) is 4.79 Å². The van der Waals surface area contributed by atoms with Crippen LogP contribution in [0.4, 0.5) is 0 Å². The van der Waals surface area contributed by atoms with Gasteiger partial charge in [-0.1, -0.05) is 6.07 Å². The summed E-state index contributed by atoms with van der Waals surface area (Å²) in [6.07, 6.45) is 3.37. The summed E-state index contributed by atoms with van der Waals surface area (Å²) in [5.41, 5.74) is 3.99. The number of carbonyl (C=O) groups is 1. The molecule has 7 nitrogen and oxygen atoms in total. The van der Waals surface area contributed by atoms with Crippen molar-refractivity contribution in [1.82, 2.24) is 20.5 Å². The third-order valence-electron chi connectivity index (χ3n) is 4.76. The summed E-state index contributed by atoms with van der Waals surface area (Å²) in [6, 6.07) is 5.69. The van der Waals surface area contributed by atoms with Crippen LogP contribution >= 0.6 is 0 Å². The van der Waals surface area contributed by atoms with Crippen molar-refractivity contribution in [2.24, 2.45) is 0 Å². The fraction of sp³-hybridized carbons (Fsp3) is 0.526. The fourth-order valence-electron chi connectivity index (χ4n) is 3.01. The first kappa shape index (κ1) is 18.5. The van der Waals surface area contributed by atoms with Gasteiger partial charge in [0.25, 0.3) is 0 Å². The second kappa shape index (κ2) is 8.91. The Labute approximate surface area is 153 Å². The molecule has 1 amide bonds. The number of amides is 1. The highest BCUT2D eigenvalue weighted by Gasteiger charge is 2.28. The van der Waals surface area contributed by atoms with Crippen LogP contribution in [-0.4, -0.2) is 46.4 Å². The van der Waals surface area contributed by atoms with Gasteiger partial charge in [0.15, 0.2) is 0 Å². The zero-order valence-corrected chi connectivity index (χ0v) is 15.3. The molecule has 2 atom stereocenters. The predicted octanol–water partition coefficient (Wildman–Crippen LogP) is 1.84. The van der Waals surface area contributed by atoms with E-state index in [4.69, 9.17) is 9.47 Å². The lowest BCUT2D eigenvalue weighted by Gasteiger charge is -2.32. The summed E-state index contributed by atoms with van der Waals surface area (Å²) in [4.78, 5) is 16.6. The second-order valence-corrected chi connectivity index (χ2v) is 6.63. The van der Waals surface area contributed by atoms with E-state index in [1.807, 2.05) is 32.0 Å². The maximum Gasteiger partial charge on any atom is 0.220 e. The first-order valence-corrected chi connectivity index (χ1v) is 9.02. The van der Waals surface area contributed by atoms with Gasteiger partial charge in [0, 0.05) is 31.3 Å². The number of carbonyl (C=O) groups excluding carboxylic acids is 1. The number of nitrogens with one attached hydrogen (secondary N) is 2. The van der Waals surface area contributed by atoms with Crippen molar-refractivity contribution in [3.8, 4) is 0 Å². The number of hydrogen-bond donors (Lipinski definition) is 2. The van der Waals surface area contributed by atoms with Crippen LogP contribution in [-0.2, 0) is 27.3 Å². The third-order valence-corrected chi connectivity index (χ3v) is 4.76. The number of ether oxygens (including phenoxy) is 2. The molecule has 2 aromatic rings. The highest BCUT2D eigenvalue weighted by molar-refractivity contribution is 5.76. The molecule has 3 rings (SSSR count). The molecule has 26 heavy (non-hydrogen) atoms. The van der Waals surface area contributed by atoms with Crippen molar-refractivity contribution >= 4 is 5.91 Å². The number of rotatable bonds is 7. The van der Waals surface area contributed by atoms with Crippen molar-refractivity contribution in [3.05, 3.63) is 47.0 Å².